The van der Waals surface area contributed by atoms with Gasteiger partial charge in [-0.25, -0.2) is 17.6 Å². The number of benzene rings is 3. The molecular formula is C36H42F4O2. The third-order valence-electron chi connectivity index (χ3n) is 8.03. The van der Waals surface area contributed by atoms with Crippen LogP contribution >= 0.6 is 0 Å². The Kier molecular flexibility index (Phi) is 12.2. The zero-order chi connectivity index (χ0) is 29.9. The first-order valence-corrected chi connectivity index (χ1v) is 15.3. The Morgan fingerprint density at radius 1 is 0.690 bits per heavy atom. The van der Waals surface area contributed by atoms with Crippen LogP contribution in [0.4, 0.5) is 17.6 Å². The minimum absolute atomic E-state index is 0.0221. The molecule has 226 valence electrons. The maximum atomic E-state index is 15.2. The quantitative estimate of drug-likeness (QED) is 0.107. The number of halogens is 4. The van der Waals surface area contributed by atoms with Crippen LogP contribution in [-0.2, 0) is 15.9 Å². The maximum absolute atomic E-state index is 15.2. The van der Waals surface area contributed by atoms with E-state index < -0.39 is 29.6 Å². The highest BCUT2D eigenvalue weighted by Gasteiger charge is 2.28. The predicted molar refractivity (Wildman–Crippen MR) is 161 cm³/mol. The average Bonchev–Trinajstić information content (AvgIpc) is 3.01. The van der Waals surface area contributed by atoms with Crippen molar-refractivity contribution in [1.29, 1.82) is 0 Å². The van der Waals surface area contributed by atoms with Gasteiger partial charge >= 0.3 is 0 Å². The summed E-state index contributed by atoms with van der Waals surface area (Å²) in [5.74, 6) is -3.51. The molecule has 1 fully saturated rings. The zero-order valence-corrected chi connectivity index (χ0v) is 24.7. The molecule has 4 rings (SSSR count). The van der Waals surface area contributed by atoms with Crippen molar-refractivity contribution in [3.63, 3.8) is 0 Å². The van der Waals surface area contributed by atoms with Crippen molar-refractivity contribution in [2.45, 2.75) is 84.3 Å². The molecule has 0 aliphatic carbocycles. The average molecular weight is 583 g/mol. The van der Waals surface area contributed by atoms with E-state index in [1.807, 2.05) is 13.0 Å². The monoisotopic (exact) mass is 582 g/mol. The molecule has 0 amide bonds. The van der Waals surface area contributed by atoms with E-state index in [2.05, 4.69) is 13.0 Å². The molecule has 3 aromatic carbocycles. The molecule has 1 heterocycles. The van der Waals surface area contributed by atoms with Crippen LogP contribution in [0, 0.1) is 29.2 Å². The third-order valence-corrected chi connectivity index (χ3v) is 8.03. The van der Waals surface area contributed by atoms with E-state index in [0.29, 0.717) is 36.3 Å². The van der Waals surface area contributed by atoms with Gasteiger partial charge in [-0.2, -0.15) is 0 Å². The number of aryl methyl sites for hydroxylation is 1. The van der Waals surface area contributed by atoms with Gasteiger partial charge in [0.05, 0.1) is 13.2 Å². The first-order chi connectivity index (χ1) is 20.4. The van der Waals surface area contributed by atoms with Gasteiger partial charge < -0.3 is 9.47 Å². The molecule has 0 unspecified atom stereocenters. The van der Waals surface area contributed by atoms with Crippen LogP contribution in [-0.4, -0.2) is 13.2 Å². The molecule has 0 saturated carbocycles. The van der Waals surface area contributed by atoms with E-state index in [-0.39, 0.29) is 22.6 Å². The van der Waals surface area contributed by atoms with Gasteiger partial charge in [0.15, 0.2) is 29.6 Å². The number of ether oxygens (including phenoxy) is 2. The molecule has 42 heavy (non-hydrogen) atoms. The molecule has 2 nitrogen and oxygen atoms in total. The second-order valence-electron chi connectivity index (χ2n) is 11.2. The fourth-order valence-electron chi connectivity index (χ4n) is 5.46. The van der Waals surface area contributed by atoms with Gasteiger partial charge in [-0.15, -0.1) is 0 Å². The van der Waals surface area contributed by atoms with Gasteiger partial charge in [-0.3, -0.25) is 0 Å². The summed E-state index contributed by atoms with van der Waals surface area (Å²) in [7, 11) is 0. The summed E-state index contributed by atoms with van der Waals surface area (Å²) in [6, 6.07) is 12.6. The largest absolute Gasteiger partial charge is 0.348 e. The lowest BCUT2D eigenvalue weighted by Crippen LogP contribution is -2.27. The Bertz CT molecular complexity index is 1310. The normalized spacial score (nSPS) is 17.3. The molecule has 3 aromatic rings. The van der Waals surface area contributed by atoms with Crippen LogP contribution in [0.1, 0.15) is 89.1 Å². The van der Waals surface area contributed by atoms with Gasteiger partial charge in [0.25, 0.3) is 0 Å². The van der Waals surface area contributed by atoms with Crippen molar-refractivity contribution in [3.8, 4) is 22.3 Å². The molecule has 0 atom stereocenters. The fraction of sp³-hybridized carbons (Fsp3) is 0.444. The van der Waals surface area contributed by atoms with Crippen LogP contribution in [0.3, 0.4) is 0 Å². The first kappa shape index (κ1) is 32.0. The van der Waals surface area contributed by atoms with Crippen LogP contribution < -0.4 is 0 Å². The van der Waals surface area contributed by atoms with Crippen LogP contribution in [0.2, 0.25) is 0 Å². The van der Waals surface area contributed by atoms with E-state index in [4.69, 9.17) is 9.47 Å². The SMILES string of the molecule is CC=CCCC1COC(c2ccc(-c3ccc(-c4ccc(CCCCCCCCC)c(F)c4F)cc3)c(F)c2F)OC1. The number of unbranched alkanes of at least 4 members (excludes halogenated alkanes) is 6. The standard InChI is InChI=1S/C36H42F4O2/c1-3-5-7-8-9-10-12-14-28-19-20-29(33(38)32(28)37)26-15-17-27(18-16-26)30-21-22-31(35(40)34(30)39)36-41-23-25(24-42-36)13-11-6-4-2/h4,6,15-22,25,36H,3,5,7-14,23-24H2,1-2H3. The molecule has 6 heteroatoms. The smallest absolute Gasteiger partial charge is 0.186 e. The van der Waals surface area contributed by atoms with Gasteiger partial charge in [0.2, 0.25) is 0 Å². The first-order valence-electron chi connectivity index (χ1n) is 15.3. The van der Waals surface area contributed by atoms with Crippen molar-refractivity contribution in [3.05, 3.63) is 95.1 Å². The molecule has 0 radical (unpaired) electrons. The zero-order valence-electron chi connectivity index (χ0n) is 24.7. The number of hydrogen-bond acceptors (Lipinski definition) is 2. The van der Waals surface area contributed by atoms with Gasteiger partial charge in [0, 0.05) is 22.6 Å². The lowest BCUT2D eigenvalue weighted by atomic mass is 9.96. The van der Waals surface area contributed by atoms with Crippen molar-refractivity contribution in [2.24, 2.45) is 5.92 Å². The second-order valence-corrected chi connectivity index (χ2v) is 11.2. The molecule has 0 aromatic heterocycles. The molecule has 1 saturated heterocycles. The lowest BCUT2D eigenvalue weighted by molar-refractivity contribution is -0.207. The van der Waals surface area contributed by atoms with Gasteiger partial charge in [-0.1, -0.05) is 106 Å². The topological polar surface area (TPSA) is 18.5 Å². The Hall–Kier alpha value is -2.96. The highest BCUT2D eigenvalue weighted by atomic mass is 19.2. The summed E-state index contributed by atoms with van der Waals surface area (Å²) < 4.78 is 71.6. The van der Waals surface area contributed by atoms with Crippen molar-refractivity contribution < 1.29 is 27.0 Å². The van der Waals surface area contributed by atoms with E-state index in [1.165, 1.54) is 37.8 Å². The third kappa shape index (κ3) is 8.11. The highest BCUT2D eigenvalue weighted by Crippen LogP contribution is 2.35. The van der Waals surface area contributed by atoms with Crippen LogP contribution in [0.25, 0.3) is 22.3 Å². The summed E-state index contributed by atoms with van der Waals surface area (Å²) in [4.78, 5) is 0. The number of allylic oxidation sites excluding steroid dienone is 2. The predicted octanol–water partition coefficient (Wildman–Crippen LogP) is 10.9. The molecule has 1 aliphatic heterocycles. The Balaban J connectivity index is 1.39. The summed E-state index contributed by atoms with van der Waals surface area (Å²) >= 11 is 0. The number of hydrogen-bond donors (Lipinski definition) is 0. The maximum Gasteiger partial charge on any atom is 0.186 e. The van der Waals surface area contributed by atoms with Crippen LogP contribution in [0.5, 0.6) is 0 Å². The lowest BCUT2D eigenvalue weighted by Gasteiger charge is -2.29. The summed E-state index contributed by atoms with van der Waals surface area (Å²) in [5.41, 5.74) is 1.50. The number of rotatable bonds is 14. The van der Waals surface area contributed by atoms with Crippen LogP contribution in [0.15, 0.2) is 60.7 Å². The summed E-state index contributed by atoms with van der Waals surface area (Å²) in [5, 5.41) is 0. The van der Waals surface area contributed by atoms with E-state index in [0.717, 1.165) is 32.1 Å². The van der Waals surface area contributed by atoms with E-state index in [9.17, 15) is 4.39 Å². The summed E-state index contributed by atoms with van der Waals surface area (Å²) in [6.45, 7) is 4.99. The Labute approximate surface area is 247 Å². The Morgan fingerprint density at radius 2 is 1.26 bits per heavy atom. The van der Waals surface area contributed by atoms with Crippen molar-refractivity contribution >= 4 is 0 Å². The molecular weight excluding hydrogens is 540 g/mol. The van der Waals surface area contributed by atoms with Crippen molar-refractivity contribution in [2.75, 3.05) is 13.2 Å². The fourth-order valence-corrected chi connectivity index (χ4v) is 5.46. The van der Waals surface area contributed by atoms with E-state index >= 15 is 13.2 Å². The highest BCUT2D eigenvalue weighted by molar-refractivity contribution is 5.71. The molecule has 0 spiro atoms. The minimum Gasteiger partial charge on any atom is -0.348 e. The molecule has 0 N–H and O–H groups in total. The molecule has 1 aliphatic rings. The Morgan fingerprint density at radius 3 is 1.88 bits per heavy atom. The van der Waals surface area contributed by atoms with Gasteiger partial charge in [-0.05, 0) is 49.3 Å². The second kappa shape index (κ2) is 16.0. The molecule has 0 bridgehead atoms. The van der Waals surface area contributed by atoms with E-state index in [1.54, 1.807) is 36.4 Å². The summed E-state index contributed by atoms with van der Waals surface area (Å²) in [6.07, 6.45) is 13.2. The van der Waals surface area contributed by atoms with Crippen molar-refractivity contribution in [1.82, 2.24) is 0 Å². The minimum atomic E-state index is -1.02. The van der Waals surface area contributed by atoms with Gasteiger partial charge in [0.1, 0.15) is 0 Å².